The van der Waals surface area contributed by atoms with Gasteiger partial charge in [0, 0.05) is 6.42 Å². The van der Waals surface area contributed by atoms with E-state index in [4.69, 9.17) is 0 Å². The number of carbonyl (C=O) groups is 1. The smallest absolute Gasteiger partial charge is 0.220 e. The van der Waals surface area contributed by atoms with Gasteiger partial charge in [-0.05, 0) is 38.5 Å². The summed E-state index contributed by atoms with van der Waals surface area (Å²) in [7, 11) is 0. The Balaban J connectivity index is 3.44. The summed E-state index contributed by atoms with van der Waals surface area (Å²) in [5.74, 6) is -0.0732. The number of carbonyl (C=O) groups excluding carboxylic acids is 1. The first-order valence-corrected chi connectivity index (χ1v) is 23.6. The van der Waals surface area contributed by atoms with Crippen LogP contribution in [0, 0.1) is 0 Å². The molecule has 0 aliphatic heterocycles. The first-order valence-electron chi connectivity index (χ1n) is 23.6. The van der Waals surface area contributed by atoms with Crippen molar-refractivity contribution in [3.05, 3.63) is 24.3 Å². The molecule has 0 aromatic rings. The molecule has 52 heavy (non-hydrogen) atoms. The van der Waals surface area contributed by atoms with Crippen molar-refractivity contribution >= 4 is 5.91 Å². The monoisotopic (exact) mass is 732 g/mol. The maximum Gasteiger partial charge on any atom is 0.220 e. The van der Waals surface area contributed by atoms with Crippen LogP contribution >= 0.6 is 0 Å². The zero-order valence-electron chi connectivity index (χ0n) is 35.3. The van der Waals surface area contributed by atoms with E-state index in [1.165, 1.54) is 199 Å². The van der Waals surface area contributed by atoms with Gasteiger partial charge in [-0.25, -0.2) is 0 Å². The van der Waals surface area contributed by atoms with Crippen LogP contribution < -0.4 is 5.32 Å². The molecule has 4 heteroatoms. The molecule has 0 radical (unpaired) electrons. The Bertz CT molecular complexity index is 750. The molecule has 0 spiro atoms. The third-order valence-electron chi connectivity index (χ3n) is 10.9. The van der Waals surface area contributed by atoms with Crippen molar-refractivity contribution < 1.29 is 15.0 Å². The lowest BCUT2D eigenvalue weighted by atomic mass is 10.0. The van der Waals surface area contributed by atoms with E-state index in [1.807, 2.05) is 6.08 Å². The van der Waals surface area contributed by atoms with Crippen molar-refractivity contribution in [2.45, 2.75) is 270 Å². The first-order chi connectivity index (χ1) is 25.7. The molecule has 1 amide bonds. The Morgan fingerprint density at radius 1 is 0.442 bits per heavy atom. The predicted octanol–water partition coefficient (Wildman–Crippen LogP) is 14.8. The van der Waals surface area contributed by atoms with E-state index in [2.05, 4.69) is 31.3 Å². The van der Waals surface area contributed by atoms with Crippen LogP contribution in [0.4, 0.5) is 0 Å². The Hall–Kier alpha value is -1.13. The van der Waals surface area contributed by atoms with E-state index in [1.54, 1.807) is 6.08 Å². The Kier molecular flexibility index (Phi) is 43.3. The number of unbranched alkanes of at least 4 members (excludes halogenated alkanes) is 34. The summed E-state index contributed by atoms with van der Waals surface area (Å²) in [5, 5.41) is 23.0. The Morgan fingerprint density at radius 3 is 1.12 bits per heavy atom. The Morgan fingerprint density at radius 2 is 0.750 bits per heavy atom. The van der Waals surface area contributed by atoms with Crippen LogP contribution in [0.2, 0.25) is 0 Å². The summed E-state index contributed by atoms with van der Waals surface area (Å²) in [6.45, 7) is 4.28. The van der Waals surface area contributed by atoms with Gasteiger partial charge in [0.2, 0.25) is 5.91 Å². The molecule has 0 heterocycles. The molecule has 0 aliphatic carbocycles. The quantitative estimate of drug-likeness (QED) is 0.0432. The van der Waals surface area contributed by atoms with Crippen LogP contribution in [0.5, 0.6) is 0 Å². The molecule has 2 atom stereocenters. The standard InChI is InChI=1S/C48H93NO3/c1-3-5-7-9-11-13-15-16-17-18-19-20-21-22-23-24-25-26-27-28-29-30-31-32-34-35-37-39-41-43-47(51)46(45-50)49-48(52)44-42-40-38-36-33-14-12-10-8-6-4-2/h10,12,41,43,46-47,50-51H,3-9,11,13-40,42,44-45H2,1-2H3,(H,49,52)/b12-10-,43-41+. The number of aliphatic hydroxyl groups is 2. The largest absolute Gasteiger partial charge is 0.394 e. The fourth-order valence-corrected chi connectivity index (χ4v) is 7.28. The van der Waals surface area contributed by atoms with Gasteiger partial charge in [-0.3, -0.25) is 4.79 Å². The second-order valence-electron chi connectivity index (χ2n) is 16.2. The van der Waals surface area contributed by atoms with Crippen molar-refractivity contribution in [3.8, 4) is 0 Å². The predicted molar refractivity (Wildman–Crippen MR) is 230 cm³/mol. The maximum absolute atomic E-state index is 12.3. The topological polar surface area (TPSA) is 69.6 Å². The molecule has 0 saturated carbocycles. The zero-order chi connectivity index (χ0) is 37.8. The SMILES string of the molecule is CCCC/C=C\CCCCCCCC(=O)NC(CO)C(O)/C=C/CCCCCCCCCCCCCCCCCCCCCCCCCCCCC. The van der Waals surface area contributed by atoms with Gasteiger partial charge < -0.3 is 15.5 Å². The molecule has 0 aliphatic rings. The molecule has 4 nitrogen and oxygen atoms in total. The minimum Gasteiger partial charge on any atom is -0.394 e. The number of amides is 1. The highest BCUT2D eigenvalue weighted by atomic mass is 16.3. The third-order valence-corrected chi connectivity index (χ3v) is 10.9. The van der Waals surface area contributed by atoms with Gasteiger partial charge in [0.1, 0.15) is 0 Å². The second kappa shape index (κ2) is 44.3. The number of aliphatic hydroxyl groups excluding tert-OH is 2. The molecule has 0 bridgehead atoms. The van der Waals surface area contributed by atoms with Crippen LogP contribution in [0.25, 0.3) is 0 Å². The van der Waals surface area contributed by atoms with Gasteiger partial charge >= 0.3 is 0 Å². The fourth-order valence-electron chi connectivity index (χ4n) is 7.28. The number of hydrogen-bond acceptors (Lipinski definition) is 3. The van der Waals surface area contributed by atoms with Crippen LogP contribution in [0.15, 0.2) is 24.3 Å². The normalized spacial score (nSPS) is 13.1. The van der Waals surface area contributed by atoms with Crippen molar-refractivity contribution in [3.63, 3.8) is 0 Å². The number of rotatable bonds is 43. The summed E-state index contributed by atoms with van der Waals surface area (Å²) in [6.07, 6.45) is 57.5. The van der Waals surface area contributed by atoms with E-state index >= 15 is 0 Å². The molecule has 0 saturated heterocycles. The minimum absolute atomic E-state index is 0.0732. The van der Waals surface area contributed by atoms with E-state index in [0.717, 1.165) is 38.5 Å². The van der Waals surface area contributed by atoms with Gasteiger partial charge in [0.25, 0.3) is 0 Å². The highest BCUT2D eigenvalue weighted by molar-refractivity contribution is 5.76. The van der Waals surface area contributed by atoms with Crippen molar-refractivity contribution in [1.82, 2.24) is 5.32 Å². The fraction of sp³-hybridized carbons (Fsp3) is 0.896. The highest BCUT2D eigenvalue weighted by Crippen LogP contribution is 2.17. The lowest BCUT2D eigenvalue weighted by Gasteiger charge is -2.20. The molecule has 308 valence electrons. The van der Waals surface area contributed by atoms with Crippen molar-refractivity contribution in [2.75, 3.05) is 6.61 Å². The minimum atomic E-state index is -0.840. The van der Waals surface area contributed by atoms with E-state index < -0.39 is 12.1 Å². The summed E-state index contributed by atoms with van der Waals surface area (Å²) < 4.78 is 0. The van der Waals surface area contributed by atoms with Crippen LogP contribution in [0.1, 0.15) is 258 Å². The van der Waals surface area contributed by atoms with Gasteiger partial charge in [0.05, 0.1) is 18.8 Å². The maximum atomic E-state index is 12.3. The van der Waals surface area contributed by atoms with Gasteiger partial charge in [-0.1, -0.05) is 237 Å². The summed E-state index contributed by atoms with van der Waals surface area (Å²) >= 11 is 0. The van der Waals surface area contributed by atoms with Crippen LogP contribution in [0.3, 0.4) is 0 Å². The van der Waals surface area contributed by atoms with Crippen LogP contribution in [-0.2, 0) is 4.79 Å². The van der Waals surface area contributed by atoms with E-state index in [-0.39, 0.29) is 12.5 Å². The zero-order valence-corrected chi connectivity index (χ0v) is 35.3. The molecule has 0 aromatic carbocycles. The summed E-state index contributed by atoms with van der Waals surface area (Å²) in [5.41, 5.74) is 0. The number of nitrogens with one attached hydrogen (secondary N) is 1. The highest BCUT2D eigenvalue weighted by Gasteiger charge is 2.17. The number of hydrogen-bond donors (Lipinski definition) is 3. The van der Waals surface area contributed by atoms with Crippen molar-refractivity contribution in [1.29, 1.82) is 0 Å². The third kappa shape index (κ3) is 40.1. The second-order valence-corrected chi connectivity index (χ2v) is 16.2. The molecular formula is C48H93NO3. The molecule has 0 aromatic heterocycles. The van der Waals surface area contributed by atoms with E-state index in [0.29, 0.717) is 6.42 Å². The molecule has 0 rings (SSSR count). The molecule has 0 fully saturated rings. The van der Waals surface area contributed by atoms with Gasteiger partial charge in [-0.2, -0.15) is 0 Å². The first kappa shape index (κ1) is 50.9. The molecular weight excluding hydrogens is 639 g/mol. The molecule has 2 unspecified atom stereocenters. The molecule has 3 N–H and O–H groups in total. The Labute approximate surface area is 326 Å². The lowest BCUT2D eigenvalue weighted by molar-refractivity contribution is -0.123. The van der Waals surface area contributed by atoms with Crippen molar-refractivity contribution in [2.24, 2.45) is 0 Å². The van der Waals surface area contributed by atoms with Gasteiger partial charge in [-0.15, -0.1) is 0 Å². The average Bonchev–Trinajstić information content (AvgIpc) is 3.15. The average molecular weight is 732 g/mol. The number of allylic oxidation sites excluding steroid dienone is 3. The van der Waals surface area contributed by atoms with E-state index in [9.17, 15) is 15.0 Å². The van der Waals surface area contributed by atoms with Gasteiger partial charge in [0.15, 0.2) is 0 Å². The van der Waals surface area contributed by atoms with Crippen LogP contribution in [-0.4, -0.2) is 34.9 Å². The lowest BCUT2D eigenvalue weighted by Crippen LogP contribution is -2.45. The summed E-state index contributed by atoms with van der Waals surface area (Å²) in [4.78, 5) is 12.3. The summed E-state index contributed by atoms with van der Waals surface area (Å²) in [6, 6.07) is -0.623.